The van der Waals surface area contributed by atoms with Crippen molar-refractivity contribution in [3.63, 3.8) is 0 Å². The quantitative estimate of drug-likeness (QED) is 0.0763. The lowest BCUT2D eigenvalue weighted by molar-refractivity contribution is -0.245. The summed E-state index contributed by atoms with van der Waals surface area (Å²) in [5.41, 5.74) is 7.38. The Morgan fingerprint density at radius 1 is 0.778 bits per heavy atom. The number of hydroxylamine groups is 1. The number of thioether (sulfide) groups is 1. The van der Waals surface area contributed by atoms with Crippen LogP contribution in [0.25, 0.3) is 11.1 Å². The summed E-state index contributed by atoms with van der Waals surface area (Å²) in [6, 6.07) is 34.4. The number of hydrogen-bond acceptors (Lipinski definition) is 7. The second-order valence-electron chi connectivity index (χ2n) is 11.0. The summed E-state index contributed by atoms with van der Waals surface area (Å²) >= 11 is 1.77. The molecule has 4 N–H and O–H groups in total. The summed E-state index contributed by atoms with van der Waals surface area (Å²) in [6.45, 7) is 0.366. The van der Waals surface area contributed by atoms with Crippen molar-refractivity contribution in [2.75, 3.05) is 5.75 Å². The molecule has 4 aromatic carbocycles. The third kappa shape index (κ3) is 9.50. The number of carbonyl (C=O) groups is 2. The summed E-state index contributed by atoms with van der Waals surface area (Å²) in [7, 11) is 0. The van der Waals surface area contributed by atoms with Gasteiger partial charge in [0.05, 0.1) is 18.8 Å². The highest BCUT2D eigenvalue weighted by molar-refractivity contribution is 7.99. The molecule has 0 bridgehead atoms. The maximum Gasteiger partial charge on any atom is 0.243 e. The molecular formula is C36H38N2O6S. The summed E-state index contributed by atoms with van der Waals surface area (Å²) < 4.78 is 13.1. The second-order valence-corrected chi connectivity index (χ2v) is 12.1. The smallest absolute Gasteiger partial charge is 0.243 e. The van der Waals surface area contributed by atoms with Gasteiger partial charge in [-0.05, 0) is 58.5 Å². The summed E-state index contributed by atoms with van der Waals surface area (Å²) in [4.78, 5) is 24.6. The molecule has 0 radical (unpaired) electrons. The van der Waals surface area contributed by atoms with E-state index in [1.807, 2.05) is 84.9 Å². The average molecular weight is 627 g/mol. The molecule has 5 rings (SSSR count). The molecule has 0 aliphatic carbocycles. The van der Waals surface area contributed by atoms with E-state index in [9.17, 15) is 14.7 Å². The van der Waals surface area contributed by atoms with E-state index < -0.39 is 12.2 Å². The van der Waals surface area contributed by atoms with Gasteiger partial charge in [-0.1, -0.05) is 78.9 Å². The summed E-state index contributed by atoms with van der Waals surface area (Å²) in [5, 5.41) is 21.0. The van der Waals surface area contributed by atoms with E-state index in [2.05, 4.69) is 23.5 Å². The van der Waals surface area contributed by atoms with E-state index in [4.69, 9.17) is 14.7 Å². The van der Waals surface area contributed by atoms with E-state index in [0.29, 0.717) is 13.0 Å². The van der Waals surface area contributed by atoms with Gasteiger partial charge in [-0.2, -0.15) is 0 Å². The van der Waals surface area contributed by atoms with E-state index in [1.54, 1.807) is 17.2 Å². The Balaban J connectivity index is 1.28. The number of carbonyl (C=O) groups excluding carboxylic acids is 2. The first-order valence-corrected chi connectivity index (χ1v) is 16.1. The molecule has 0 spiro atoms. The molecule has 1 fully saturated rings. The SMILES string of the molecule is O=C(CCCC(=O)NCc1cccc(-c2cccc([C@H]3O[C@@H](CSc4ccccc4)C[C@@H](c4ccc(CO)cc4)O3)c2)c1)NO. The lowest BCUT2D eigenvalue weighted by Gasteiger charge is -2.36. The van der Waals surface area contributed by atoms with Crippen molar-refractivity contribution >= 4 is 23.6 Å². The highest BCUT2D eigenvalue weighted by Crippen LogP contribution is 2.40. The number of benzene rings is 4. The monoisotopic (exact) mass is 626 g/mol. The minimum atomic E-state index is -0.557. The lowest BCUT2D eigenvalue weighted by Crippen LogP contribution is -2.31. The van der Waals surface area contributed by atoms with Crippen molar-refractivity contribution in [3.05, 3.63) is 125 Å². The fourth-order valence-corrected chi connectivity index (χ4v) is 6.15. The van der Waals surface area contributed by atoms with E-state index >= 15 is 0 Å². The number of nitrogens with one attached hydrogen (secondary N) is 2. The Hall–Kier alpha value is -3.99. The Labute approximate surface area is 267 Å². The Morgan fingerprint density at radius 3 is 2.27 bits per heavy atom. The summed E-state index contributed by atoms with van der Waals surface area (Å²) in [6.07, 6.45) is 0.615. The van der Waals surface area contributed by atoms with Crippen molar-refractivity contribution in [2.24, 2.45) is 0 Å². The van der Waals surface area contributed by atoms with E-state index in [1.165, 1.54) is 4.90 Å². The van der Waals surface area contributed by atoms with Gasteiger partial charge in [0.1, 0.15) is 0 Å². The van der Waals surface area contributed by atoms with Crippen LogP contribution in [-0.4, -0.2) is 34.0 Å². The Bertz CT molecular complexity index is 1550. The highest BCUT2D eigenvalue weighted by Gasteiger charge is 2.32. The molecule has 3 atom stereocenters. The minimum absolute atomic E-state index is 0.000248. The van der Waals surface area contributed by atoms with Crippen molar-refractivity contribution < 1.29 is 29.4 Å². The zero-order valence-corrected chi connectivity index (χ0v) is 25.7. The van der Waals surface area contributed by atoms with Crippen molar-refractivity contribution in [1.82, 2.24) is 10.8 Å². The topological polar surface area (TPSA) is 117 Å². The molecule has 8 nitrogen and oxygen atoms in total. The van der Waals surface area contributed by atoms with E-state index in [0.717, 1.165) is 45.6 Å². The second kappa shape index (κ2) is 16.4. The molecule has 1 saturated heterocycles. The predicted molar refractivity (Wildman–Crippen MR) is 173 cm³/mol. The van der Waals surface area contributed by atoms with Gasteiger partial charge >= 0.3 is 0 Å². The molecule has 1 aliphatic heterocycles. The van der Waals surface area contributed by atoms with Crippen LogP contribution in [0.4, 0.5) is 0 Å². The number of ether oxygens (including phenoxy) is 2. The number of aliphatic hydroxyl groups is 1. The van der Waals surface area contributed by atoms with Gasteiger partial charge in [-0.15, -0.1) is 11.8 Å². The largest absolute Gasteiger partial charge is 0.392 e. The van der Waals surface area contributed by atoms with Crippen LogP contribution < -0.4 is 10.8 Å². The molecule has 234 valence electrons. The van der Waals surface area contributed by atoms with Crippen molar-refractivity contribution in [3.8, 4) is 11.1 Å². The Morgan fingerprint density at radius 2 is 1.51 bits per heavy atom. The van der Waals surface area contributed by atoms with Crippen molar-refractivity contribution in [2.45, 2.75) is 62.2 Å². The number of amides is 2. The fourth-order valence-electron chi connectivity index (χ4n) is 5.21. The van der Waals surface area contributed by atoms with Gasteiger partial charge in [0.2, 0.25) is 11.8 Å². The van der Waals surface area contributed by atoms with Crippen LogP contribution in [-0.2, 0) is 32.2 Å². The zero-order valence-electron chi connectivity index (χ0n) is 24.9. The Kier molecular flexibility index (Phi) is 11.8. The number of hydrogen-bond donors (Lipinski definition) is 4. The molecule has 9 heteroatoms. The average Bonchev–Trinajstić information content (AvgIpc) is 3.10. The van der Waals surface area contributed by atoms with Gasteiger partial charge in [-0.3, -0.25) is 14.8 Å². The first kappa shape index (κ1) is 32.4. The molecule has 4 aromatic rings. The van der Waals surface area contributed by atoms with Crippen LogP contribution in [0.3, 0.4) is 0 Å². The van der Waals surface area contributed by atoms with Gasteiger partial charge in [0.15, 0.2) is 6.29 Å². The molecule has 0 unspecified atom stereocenters. The lowest BCUT2D eigenvalue weighted by atomic mass is 9.99. The molecular weight excluding hydrogens is 588 g/mol. The fraction of sp³-hybridized carbons (Fsp3) is 0.278. The first-order valence-electron chi connectivity index (χ1n) is 15.1. The zero-order chi connectivity index (χ0) is 31.4. The maximum absolute atomic E-state index is 12.2. The number of aliphatic hydroxyl groups excluding tert-OH is 1. The molecule has 0 saturated carbocycles. The van der Waals surface area contributed by atoms with Crippen LogP contribution in [0, 0.1) is 0 Å². The maximum atomic E-state index is 12.2. The van der Waals surface area contributed by atoms with Crippen LogP contribution in [0.15, 0.2) is 108 Å². The molecule has 1 heterocycles. The van der Waals surface area contributed by atoms with Gasteiger partial charge in [0.25, 0.3) is 0 Å². The normalized spacial score (nSPS) is 17.9. The standard InChI is InChI=1S/C36H38N2O6S/c39-23-25-15-17-27(18-16-25)33-21-31(24-45-32-11-2-1-3-12-32)43-36(44-33)30-10-5-9-29(20-30)28-8-4-7-26(19-28)22-37-34(40)13-6-14-35(41)38-42/h1-5,7-12,15-20,31,33,36,39,42H,6,13-14,21-24H2,(H,37,40)(H,38,41)/t31-,33+,36+/m1/s1. The molecule has 0 aromatic heterocycles. The molecule has 1 aliphatic rings. The predicted octanol–water partition coefficient (Wildman–Crippen LogP) is 6.48. The highest BCUT2D eigenvalue weighted by atomic mass is 32.2. The van der Waals surface area contributed by atoms with Crippen LogP contribution in [0.2, 0.25) is 0 Å². The first-order chi connectivity index (χ1) is 22.0. The third-order valence-electron chi connectivity index (χ3n) is 7.64. The third-order valence-corrected chi connectivity index (χ3v) is 8.78. The molecule has 45 heavy (non-hydrogen) atoms. The van der Waals surface area contributed by atoms with Crippen LogP contribution >= 0.6 is 11.8 Å². The number of rotatable bonds is 13. The van der Waals surface area contributed by atoms with Crippen LogP contribution in [0.5, 0.6) is 0 Å². The van der Waals surface area contributed by atoms with Gasteiger partial charge < -0.3 is 19.9 Å². The van der Waals surface area contributed by atoms with Gasteiger partial charge in [0, 0.05) is 42.0 Å². The molecule has 2 amide bonds. The minimum Gasteiger partial charge on any atom is -0.392 e. The van der Waals surface area contributed by atoms with Crippen molar-refractivity contribution in [1.29, 1.82) is 0 Å². The van der Waals surface area contributed by atoms with Gasteiger partial charge in [-0.25, -0.2) is 5.48 Å². The summed E-state index contributed by atoms with van der Waals surface area (Å²) in [5.74, 6) is 0.132. The van der Waals surface area contributed by atoms with Crippen LogP contribution in [0.1, 0.15) is 60.3 Å². The van der Waals surface area contributed by atoms with E-state index in [-0.39, 0.29) is 37.6 Å².